The fourth-order valence-electron chi connectivity index (χ4n) is 3.13. The Morgan fingerprint density at radius 2 is 2.00 bits per heavy atom. The van der Waals surface area contributed by atoms with Gasteiger partial charge in [0.1, 0.15) is 0 Å². The summed E-state index contributed by atoms with van der Waals surface area (Å²) >= 11 is 0. The van der Waals surface area contributed by atoms with Gasteiger partial charge in [-0.2, -0.15) is 0 Å². The lowest BCUT2D eigenvalue weighted by Crippen LogP contribution is -2.34. The van der Waals surface area contributed by atoms with Crippen molar-refractivity contribution in [3.63, 3.8) is 0 Å². The van der Waals surface area contributed by atoms with Crippen molar-refractivity contribution in [1.29, 1.82) is 0 Å². The molecule has 3 aliphatic rings. The Labute approximate surface area is 86.0 Å². The maximum Gasteiger partial charge on any atom is 0.0942 e. The van der Waals surface area contributed by atoms with Gasteiger partial charge in [-0.1, -0.05) is 0 Å². The van der Waals surface area contributed by atoms with Gasteiger partial charge in [0, 0.05) is 6.42 Å². The van der Waals surface area contributed by atoms with Crippen molar-refractivity contribution >= 4 is 0 Å². The van der Waals surface area contributed by atoms with Crippen LogP contribution < -0.4 is 0 Å². The van der Waals surface area contributed by atoms with Gasteiger partial charge >= 0.3 is 0 Å². The highest BCUT2D eigenvalue weighted by molar-refractivity contribution is 5.00. The van der Waals surface area contributed by atoms with Crippen molar-refractivity contribution in [3.05, 3.63) is 0 Å². The van der Waals surface area contributed by atoms with Crippen LogP contribution in [0, 0.1) is 11.8 Å². The van der Waals surface area contributed by atoms with Crippen LogP contribution in [0.5, 0.6) is 0 Å². The Morgan fingerprint density at radius 1 is 1.14 bits per heavy atom. The molecule has 2 nitrogen and oxygen atoms in total. The SMILES string of the molecule is CC1(C)C[C@]2(CC[C@@H]3C[C@H]3CO2)CO1. The van der Waals surface area contributed by atoms with Crippen molar-refractivity contribution in [2.45, 2.75) is 50.7 Å². The molecule has 3 rings (SSSR count). The van der Waals surface area contributed by atoms with Gasteiger partial charge in [0.15, 0.2) is 0 Å². The summed E-state index contributed by atoms with van der Waals surface area (Å²) in [6, 6.07) is 0. The van der Waals surface area contributed by atoms with Gasteiger partial charge in [-0.05, 0) is 44.9 Å². The third-order valence-electron chi connectivity index (χ3n) is 4.12. The van der Waals surface area contributed by atoms with Gasteiger partial charge in [-0.15, -0.1) is 0 Å². The fraction of sp³-hybridized carbons (Fsp3) is 1.00. The molecule has 1 spiro atoms. The highest BCUT2D eigenvalue weighted by Gasteiger charge is 2.50. The summed E-state index contributed by atoms with van der Waals surface area (Å²) in [4.78, 5) is 0. The number of hydrogen-bond acceptors (Lipinski definition) is 2. The first-order valence-electron chi connectivity index (χ1n) is 5.87. The highest BCUT2D eigenvalue weighted by Crippen LogP contribution is 2.50. The lowest BCUT2D eigenvalue weighted by atomic mass is 9.89. The standard InChI is InChI=1S/C12H20O2/c1-11(2)7-12(8-14-11)4-3-9-5-10(9)6-13-12/h9-10H,3-8H2,1-2H3/t9-,10+,12-/m1/s1. The Hall–Kier alpha value is -0.0800. The maximum atomic E-state index is 6.12. The molecule has 3 atom stereocenters. The zero-order valence-electron chi connectivity index (χ0n) is 9.21. The van der Waals surface area contributed by atoms with Gasteiger partial charge < -0.3 is 9.47 Å². The van der Waals surface area contributed by atoms with Gasteiger partial charge in [-0.3, -0.25) is 0 Å². The zero-order valence-corrected chi connectivity index (χ0v) is 9.21. The zero-order chi connectivity index (χ0) is 9.81. The second-order valence-electron chi connectivity index (χ2n) is 6.01. The molecule has 1 saturated carbocycles. The number of rotatable bonds is 0. The van der Waals surface area contributed by atoms with E-state index in [0.29, 0.717) is 0 Å². The highest BCUT2D eigenvalue weighted by atomic mass is 16.6. The van der Waals surface area contributed by atoms with E-state index in [0.717, 1.165) is 31.5 Å². The molecule has 1 aliphatic carbocycles. The summed E-state index contributed by atoms with van der Waals surface area (Å²) in [5.41, 5.74) is 0.117. The van der Waals surface area contributed by atoms with Crippen LogP contribution in [0.25, 0.3) is 0 Å². The second-order valence-corrected chi connectivity index (χ2v) is 6.01. The molecule has 0 bridgehead atoms. The Kier molecular flexibility index (Phi) is 1.79. The molecule has 80 valence electrons. The van der Waals surface area contributed by atoms with E-state index >= 15 is 0 Å². The van der Waals surface area contributed by atoms with Crippen LogP contribution >= 0.6 is 0 Å². The molecule has 0 amide bonds. The molecule has 3 fully saturated rings. The molecule has 0 aromatic rings. The largest absolute Gasteiger partial charge is 0.372 e. The van der Waals surface area contributed by atoms with Crippen LogP contribution in [0.3, 0.4) is 0 Å². The first-order chi connectivity index (χ1) is 6.59. The Balaban J connectivity index is 1.71. The summed E-state index contributed by atoms with van der Waals surface area (Å²) in [5.74, 6) is 1.87. The molecule has 2 aliphatic heterocycles. The van der Waals surface area contributed by atoms with Crippen molar-refractivity contribution < 1.29 is 9.47 Å². The van der Waals surface area contributed by atoms with Crippen molar-refractivity contribution in [2.24, 2.45) is 11.8 Å². The van der Waals surface area contributed by atoms with E-state index in [1.165, 1.54) is 19.3 Å². The minimum atomic E-state index is 0.0362. The molecular formula is C12H20O2. The van der Waals surface area contributed by atoms with Crippen molar-refractivity contribution in [1.82, 2.24) is 0 Å². The molecule has 0 aromatic heterocycles. The third kappa shape index (κ3) is 1.49. The third-order valence-corrected chi connectivity index (χ3v) is 4.12. The number of hydrogen-bond donors (Lipinski definition) is 0. The molecule has 0 radical (unpaired) electrons. The minimum Gasteiger partial charge on any atom is -0.372 e. The van der Waals surface area contributed by atoms with E-state index in [1.807, 2.05) is 0 Å². The van der Waals surface area contributed by atoms with E-state index in [1.54, 1.807) is 0 Å². The minimum absolute atomic E-state index is 0.0362. The predicted octanol–water partition coefficient (Wildman–Crippen LogP) is 2.37. The molecule has 14 heavy (non-hydrogen) atoms. The first kappa shape index (κ1) is 9.17. The Morgan fingerprint density at radius 3 is 2.71 bits per heavy atom. The van der Waals surface area contributed by atoms with Gasteiger partial charge in [0.25, 0.3) is 0 Å². The molecule has 0 N–H and O–H groups in total. The topological polar surface area (TPSA) is 18.5 Å². The van der Waals surface area contributed by atoms with Crippen LogP contribution in [-0.4, -0.2) is 24.4 Å². The average molecular weight is 196 g/mol. The average Bonchev–Trinajstić information content (AvgIpc) is 2.80. The summed E-state index contributed by atoms with van der Waals surface area (Å²) in [5, 5.41) is 0. The summed E-state index contributed by atoms with van der Waals surface area (Å²) in [6.45, 7) is 6.16. The lowest BCUT2D eigenvalue weighted by molar-refractivity contribution is -0.0546. The monoisotopic (exact) mass is 196 g/mol. The van der Waals surface area contributed by atoms with E-state index < -0.39 is 0 Å². The van der Waals surface area contributed by atoms with E-state index in [2.05, 4.69) is 13.8 Å². The maximum absolute atomic E-state index is 6.12. The predicted molar refractivity (Wildman–Crippen MR) is 54.2 cm³/mol. The molecule has 2 saturated heterocycles. The number of fused-ring (bicyclic) bond motifs is 1. The summed E-state index contributed by atoms with van der Waals surface area (Å²) in [7, 11) is 0. The molecule has 2 heteroatoms. The van der Waals surface area contributed by atoms with Crippen LogP contribution in [0.2, 0.25) is 0 Å². The Bertz CT molecular complexity index is 235. The normalized spacial score (nSPS) is 50.1. The van der Waals surface area contributed by atoms with E-state index in [9.17, 15) is 0 Å². The summed E-state index contributed by atoms with van der Waals surface area (Å²) < 4.78 is 11.9. The smallest absolute Gasteiger partial charge is 0.0942 e. The first-order valence-corrected chi connectivity index (χ1v) is 5.87. The fourth-order valence-corrected chi connectivity index (χ4v) is 3.13. The van der Waals surface area contributed by atoms with Crippen molar-refractivity contribution in [3.8, 4) is 0 Å². The van der Waals surface area contributed by atoms with Crippen LogP contribution in [0.1, 0.15) is 39.5 Å². The van der Waals surface area contributed by atoms with Gasteiger partial charge in [0.05, 0.1) is 24.4 Å². The van der Waals surface area contributed by atoms with Crippen molar-refractivity contribution in [2.75, 3.05) is 13.2 Å². The molecule has 2 heterocycles. The van der Waals surface area contributed by atoms with Crippen LogP contribution in [-0.2, 0) is 9.47 Å². The number of ether oxygens (including phenoxy) is 2. The molecule has 0 unspecified atom stereocenters. The quantitative estimate of drug-likeness (QED) is 0.592. The van der Waals surface area contributed by atoms with Gasteiger partial charge in [0.2, 0.25) is 0 Å². The lowest BCUT2D eigenvalue weighted by Gasteiger charge is -2.27. The van der Waals surface area contributed by atoms with E-state index in [4.69, 9.17) is 9.47 Å². The molecule has 0 aromatic carbocycles. The van der Waals surface area contributed by atoms with Crippen LogP contribution in [0.4, 0.5) is 0 Å². The molecular weight excluding hydrogens is 176 g/mol. The van der Waals surface area contributed by atoms with Gasteiger partial charge in [-0.25, -0.2) is 0 Å². The van der Waals surface area contributed by atoms with Crippen LogP contribution in [0.15, 0.2) is 0 Å². The second kappa shape index (κ2) is 2.73. The summed E-state index contributed by atoms with van der Waals surface area (Å²) in [6.07, 6.45) is 5.08. The van der Waals surface area contributed by atoms with E-state index in [-0.39, 0.29) is 11.2 Å².